The van der Waals surface area contributed by atoms with E-state index in [2.05, 4.69) is 59.5 Å². The summed E-state index contributed by atoms with van der Waals surface area (Å²) in [5.74, 6) is 2.11. The predicted octanol–water partition coefficient (Wildman–Crippen LogP) is 5.69. The Morgan fingerprint density at radius 3 is 2.33 bits per heavy atom. The maximum Gasteiger partial charge on any atom is 0.205 e. The van der Waals surface area contributed by atoms with Gasteiger partial charge in [0.2, 0.25) is 10.3 Å². The lowest BCUT2D eigenvalue weighted by atomic mass is 10.0. The fourth-order valence-corrected chi connectivity index (χ4v) is 6.47. The van der Waals surface area contributed by atoms with Crippen molar-refractivity contribution in [2.75, 3.05) is 43.3 Å². The number of nitrogens with one attached hydrogen (secondary N) is 4. The highest BCUT2D eigenvalue weighted by Gasteiger charge is 2.23. The monoisotopic (exact) mass is 576 g/mol. The van der Waals surface area contributed by atoms with Crippen LogP contribution in [0, 0.1) is 0 Å². The summed E-state index contributed by atoms with van der Waals surface area (Å²) in [7, 11) is 3.39. The number of unbranched alkanes of at least 4 members (excludes halogenated alkanes) is 1. The van der Waals surface area contributed by atoms with Crippen molar-refractivity contribution in [1.29, 1.82) is 0 Å². The second-order valence-electron chi connectivity index (χ2n) is 9.70. The third kappa shape index (κ3) is 5.97. The van der Waals surface area contributed by atoms with Gasteiger partial charge in [-0.1, -0.05) is 22.7 Å². The number of aromatic nitrogens is 5. The van der Waals surface area contributed by atoms with E-state index in [9.17, 15) is 0 Å². The van der Waals surface area contributed by atoms with Crippen molar-refractivity contribution in [2.24, 2.45) is 0 Å². The first-order valence-corrected chi connectivity index (χ1v) is 15.0. The number of aryl methyl sites for hydroxylation is 2. The third-order valence-electron chi connectivity index (χ3n) is 7.11. The van der Waals surface area contributed by atoms with Crippen molar-refractivity contribution < 1.29 is 9.47 Å². The van der Waals surface area contributed by atoms with Crippen LogP contribution in [-0.2, 0) is 19.4 Å². The molecule has 1 aliphatic rings. The van der Waals surface area contributed by atoms with Crippen LogP contribution < -0.4 is 25.4 Å². The molecule has 0 saturated heterocycles. The van der Waals surface area contributed by atoms with E-state index >= 15 is 0 Å². The molecule has 208 valence electrons. The van der Waals surface area contributed by atoms with Crippen LogP contribution in [-0.4, -0.2) is 52.7 Å². The second-order valence-corrected chi connectivity index (χ2v) is 11.8. The van der Waals surface area contributed by atoms with Crippen molar-refractivity contribution in [2.45, 2.75) is 38.1 Å². The second kappa shape index (κ2) is 12.1. The number of hydrogen-bond donors (Lipinski definition) is 4. The predicted molar refractivity (Wildman–Crippen MR) is 161 cm³/mol. The van der Waals surface area contributed by atoms with Gasteiger partial charge in [0.25, 0.3) is 0 Å². The van der Waals surface area contributed by atoms with Crippen molar-refractivity contribution >= 4 is 49.5 Å². The first-order chi connectivity index (χ1) is 19.7. The van der Waals surface area contributed by atoms with Gasteiger partial charge in [0, 0.05) is 61.2 Å². The van der Waals surface area contributed by atoms with Crippen LogP contribution >= 0.6 is 22.7 Å². The van der Waals surface area contributed by atoms with E-state index in [1.54, 1.807) is 36.9 Å². The summed E-state index contributed by atoms with van der Waals surface area (Å²) in [6.45, 7) is 2.39. The molecule has 5 aromatic rings. The minimum absolute atomic E-state index is 0.370. The van der Waals surface area contributed by atoms with Crippen LogP contribution in [0.1, 0.15) is 39.9 Å². The molecule has 0 aliphatic carbocycles. The van der Waals surface area contributed by atoms with Gasteiger partial charge in [-0.3, -0.25) is 0 Å². The van der Waals surface area contributed by atoms with Gasteiger partial charge >= 0.3 is 0 Å². The Balaban J connectivity index is 0.926. The fraction of sp³-hybridized carbons (Fsp3) is 0.357. The Hall–Kier alpha value is -3.90. The van der Waals surface area contributed by atoms with Crippen LogP contribution in [0.5, 0.6) is 11.5 Å². The molecule has 0 spiro atoms. The number of H-pyrrole nitrogens is 1. The Labute approximate surface area is 240 Å². The van der Waals surface area contributed by atoms with Crippen LogP contribution in [0.3, 0.4) is 0 Å². The van der Waals surface area contributed by atoms with Crippen molar-refractivity contribution in [3.05, 3.63) is 63.7 Å². The molecule has 4 N–H and O–H groups in total. The summed E-state index contributed by atoms with van der Waals surface area (Å²) in [5.41, 5.74) is 4.72. The van der Waals surface area contributed by atoms with Crippen molar-refractivity contribution in [3.63, 3.8) is 0 Å². The smallest absolute Gasteiger partial charge is 0.205 e. The Morgan fingerprint density at radius 2 is 1.57 bits per heavy atom. The van der Waals surface area contributed by atoms with Gasteiger partial charge in [0.1, 0.15) is 21.5 Å². The number of nitrogens with zero attached hydrogens (tertiary/aromatic N) is 4. The molecule has 3 aromatic heterocycles. The van der Waals surface area contributed by atoms with Crippen molar-refractivity contribution in [3.8, 4) is 11.5 Å². The summed E-state index contributed by atoms with van der Waals surface area (Å²) in [6.07, 6.45) is 5.92. The number of anilines is 3. The first kappa shape index (κ1) is 26.3. The molecule has 1 aliphatic heterocycles. The van der Waals surface area contributed by atoms with E-state index in [4.69, 9.17) is 9.47 Å². The lowest BCUT2D eigenvalue weighted by Crippen LogP contribution is -2.14. The molecule has 0 bridgehead atoms. The highest BCUT2D eigenvalue weighted by molar-refractivity contribution is 7.15. The Morgan fingerprint density at radius 1 is 0.875 bits per heavy atom. The number of methoxy groups -OCH3 is 2. The molecular formula is C28H32N8O2S2. The molecule has 0 amide bonds. The minimum atomic E-state index is 0.370. The summed E-state index contributed by atoms with van der Waals surface area (Å²) < 4.78 is 10.8. The number of hydrogen-bond acceptors (Lipinski definition) is 11. The summed E-state index contributed by atoms with van der Waals surface area (Å²) in [4.78, 5) is 3.31. The number of benzene rings is 2. The molecular weight excluding hydrogens is 544 g/mol. The normalized spacial score (nSPS) is 14.2. The minimum Gasteiger partial charge on any atom is -0.497 e. The molecule has 0 saturated carbocycles. The first-order valence-electron chi connectivity index (χ1n) is 13.4. The SMILES string of the molecule is COc1ccc2c(c1)C(CNc1nnc(CCCCc3nnc(NCc4c[nH]c5ccc(OC)cc45)s3)s1)CN2. The summed E-state index contributed by atoms with van der Waals surface area (Å²) in [6, 6.07) is 12.2. The molecule has 4 heterocycles. The summed E-state index contributed by atoms with van der Waals surface area (Å²) >= 11 is 3.26. The fourth-order valence-electron chi connectivity index (χ4n) is 4.91. The number of aromatic amines is 1. The van der Waals surface area contributed by atoms with E-state index in [0.717, 1.165) is 81.5 Å². The van der Waals surface area contributed by atoms with Crippen LogP contribution in [0.15, 0.2) is 42.6 Å². The Bertz CT molecular complexity index is 1580. The number of fused-ring (bicyclic) bond motifs is 2. The molecule has 0 fully saturated rings. The van der Waals surface area contributed by atoms with Gasteiger partial charge in [-0.15, -0.1) is 20.4 Å². The van der Waals surface area contributed by atoms with Gasteiger partial charge in [0.15, 0.2) is 0 Å². The molecule has 40 heavy (non-hydrogen) atoms. The molecule has 0 radical (unpaired) electrons. The zero-order chi connectivity index (χ0) is 27.3. The van der Waals surface area contributed by atoms with E-state index in [0.29, 0.717) is 12.5 Å². The highest BCUT2D eigenvalue weighted by atomic mass is 32.1. The molecule has 6 rings (SSSR count). The third-order valence-corrected chi connectivity index (χ3v) is 8.99. The van der Waals surface area contributed by atoms with Gasteiger partial charge in [0.05, 0.1) is 14.2 Å². The molecule has 2 aromatic carbocycles. The largest absolute Gasteiger partial charge is 0.497 e. The van der Waals surface area contributed by atoms with Crippen molar-refractivity contribution in [1.82, 2.24) is 25.4 Å². The van der Waals surface area contributed by atoms with E-state index < -0.39 is 0 Å². The average molecular weight is 577 g/mol. The molecule has 10 nitrogen and oxygen atoms in total. The Kier molecular flexibility index (Phi) is 7.96. The van der Waals surface area contributed by atoms with Gasteiger partial charge in [-0.25, -0.2) is 0 Å². The van der Waals surface area contributed by atoms with Crippen LogP contribution in [0.25, 0.3) is 10.9 Å². The molecule has 12 heteroatoms. The van der Waals surface area contributed by atoms with Crippen LogP contribution in [0.2, 0.25) is 0 Å². The standard InChI is InChI=1S/C28H32N8O2S2/c1-37-19-7-9-23-21(11-19)17(13-29-23)15-31-27-35-33-25(39-27)5-3-4-6-26-34-36-28(40-26)32-16-18-14-30-24-10-8-20(38-2)12-22(18)24/h7-13,18,29-30H,3-6,14-16H2,1-2H3,(H,31,35)(H,32,36). The topological polar surface area (TPSA) is 122 Å². The van der Waals surface area contributed by atoms with Crippen LogP contribution in [0.4, 0.5) is 16.0 Å². The lowest BCUT2D eigenvalue weighted by molar-refractivity contribution is 0.414. The van der Waals surface area contributed by atoms with Gasteiger partial charge < -0.3 is 30.4 Å². The zero-order valence-electron chi connectivity index (χ0n) is 22.5. The zero-order valence-corrected chi connectivity index (χ0v) is 24.1. The van der Waals surface area contributed by atoms with E-state index in [1.165, 1.54) is 16.8 Å². The summed E-state index contributed by atoms with van der Waals surface area (Å²) in [5, 5.41) is 32.8. The lowest BCUT2D eigenvalue weighted by Gasteiger charge is -2.11. The number of ether oxygens (including phenoxy) is 2. The highest BCUT2D eigenvalue weighted by Crippen LogP contribution is 2.34. The number of rotatable bonds is 13. The van der Waals surface area contributed by atoms with Gasteiger partial charge in [-0.2, -0.15) is 0 Å². The van der Waals surface area contributed by atoms with Gasteiger partial charge in [-0.05, 0) is 60.4 Å². The van der Waals surface area contributed by atoms with E-state index in [1.807, 2.05) is 24.4 Å². The maximum absolute atomic E-state index is 5.39. The van der Waals surface area contributed by atoms with E-state index in [-0.39, 0.29) is 0 Å². The average Bonchev–Trinajstić information content (AvgIpc) is 3.79. The quantitative estimate of drug-likeness (QED) is 0.131. The molecule has 1 atom stereocenters. The maximum atomic E-state index is 5.39. The molecule has 1 unspecified atom stereocenters.